The van der Waals surface area contributed by atoms with E-state index in [4.69, 9.17) is 39.5 Å². The van der Waals surface area contributed by atoms with E-state index in [1.165, 1.54) is 6.20 Å². The molecular formula is C25H26Cl2FN3O5S2. The third kappa shape index (κ3) is 9.15. The van der Waals surface area contributed by atoms with E-state index in [1.54, 1.807) is 28.5 Å². The van der Waals surface area contributed by atoms with Crippen molar-refractivity contribution in [2.75, 3.05) is 24.4 Å². The summed E-state index contributed by atoms with van der Waals surface area (Å²) in [4.78, 5) is 15.8. The molecule has 0 unspecified atom stereocenters. The number of terminal acetylenes is 1. The first kappa shape index (κ1) is 31.3. The summed E-state index contributed by atoms with van der Waals surface area (Å²) >= 11 is 13.4. The molecule has 0 radical (unpaired) electrons. The Morgan fingerprint density at radius 2 is 2.00 bits per heavy atom. The van der Waals surface area contributed by atoms with Crippen LogP contribution in [0.5, 0.6) is 11.5 Å². The number of aromatic nitrogens is 1. The van der Waals surface area contributed by atoms with Gasteiger partial charge >= 0.3 is 5.97 Å². The highest BCUT2D eigenvalue weighted by Gasteiger charge is 2.23. The van der Waals surface area contributed by atoms with Crippen molar-refractivity contribution in [2.24, 2.45) is 0 Å². The molecule has 2 N–H and O–H groups in total. The van der Waals surface area contributed by atoms with Gasteiger partial charge < -0.3 is 9.84 Å². The van der Waals surface area contributed by atoms with Crippen LogP contribution in [0.15, 0.2) is 46.8 Å². The SMILES string of the molecule is C#CCN(CCCc1cc(Cl)ccc1Oc1cc(F)c(S(=O)(=O)Nc2nccs2)cc1Cl)CC(=O)O.CC. The fourth-order valence-corrected chi connectivity index (χ4v) is 5.56. The standard InChI is InChI=1S/C23H20Cl2FN3O5S2.C2H6/c1-2-8-29(14-22(30)31)9-3-4-15-11-16(24)5-6-19(15)34-20-13-18(26)21(12-17(20)25)36(32,33)28-23-27-7-10-35-23;1-2/h1,5-7,10-13H,3-4,8-9,14H2,(H,27,28)(H,30,31);1-2H3. The maximum Gasteiger partial charge on any atom is 0.317 e. The third-order valence-corrected chi connectivity index (χ3v) is 7.47. The van der Waals surface area contributed by atoms with Gasteiger partial charge in [-0.1, -0.05) is 43.0 Å². The van der Waals surface area contributed by atoms with Gasteiger partial charge in [0, 0.05) is 29.2 Å². The highest BCUT2D eigenvalue weighted by atomic mass is 35.5. The second-order valence-electron chi connectivity index (χ2n) is 7.42. The molecule has 0 saturated carbocycles. The van der Waals surface area contributed by atoms with E-state index < -0.39 is 26.7 Å². The fourth-order valence-electron chi connectivity index (χ4n) is 3.23. The van der Waals surface area contributed by atoms with Gasteiger partial charge in [0.1, 0.15) is 22.2 Å². The van der Waals surface area contributed by atoms with E-state index in [0.717, 1.165) is 23.5 Å². The molecule has 0 aliphatic heterocycles. The molecule has 0 spiro atoms. The maximum atomic E-state index is 14.8. The molecule has 13 heteroatoms. The molecule has 8 nitrogen and oxygen atoms in total. The number of carboxylic acids is 1. The first-order valence-corrected chi connectivity index (χ1v) is 14.5. The minimum Gasteiger partial charge on any atom is -0.480 e. The topological polar surface area (TPSA) is 109 Å². The van der Waals surface area contributed by atoms with Crippen molar-refractivity contribution in [1.29, 1.82) is 0 Å². The van der Waals surface area contributed by atoms with Crippen LogP contribution in [0.2, 0.25) is 10.0 Å². The number of hydrogen-bond acceptors (Lipinski definition) is 7. The van der Waals surface area contributed by atoms with E-state index in [9.17, 15) is 17.6 Å². The van der Waals surface area contributed by atoms with E-state index in [-0.39, 0.29) is 29.0 Å². The molecule has 0 amide bonds. The van der Waals surface area contributed by atoms with E-state index >= 15 is 0 Å². The summed E-state index contributed by atoms with van der Waals surface area (Å²) in [6, 6.07) is 6.67. The van der Waals surface area contributed by atoms with Gasteiger partial charge in [-0.2, -0.15) is 0 Å². The number of rotatable bonds is 12. The van der Waals surface area contributed by atoms with Gasteiger partial charge in [-0.05, 0) is 42.7 Å². The van der Waals surface area contributed by atoms with Crippen LogP contribution in [0, 0.1) is 18.2 Å². The Morgan fingerprint density at radius 1 is 1.26 bits per heavy atom. The largest absolute Gasteiger partial charge is 0.480 e. The highest BCUT2D eigenvalue weighted by molar-refractivity contribution is 7.93. The molecule has 0 aliphatic rings. The molecule has 0 fully saturated rings. The number of halogens is 3. The summed E-state index contributed by atoms with van der Waals surface area (Å²) in [5, 5.41) is 11.0. The minimum atomic E-state index is -4.27. The Bertz CT molecular complexity index is 1380. The number of thiazole rings is 1. The third-order valence-electron chi connectivity index (χ3n) is 4.77. The molecule has 2 aromatic carbocycles. The molecule has 204 valence electrons. The van der Waals surface area contributed by atoms with Gasteiger partial charge in [-0.15, -0.1) is 17.8 Å². The predicted octanol–water partition coefficient (Wildman–Crippen LogP) is 6.16. The maximum absolute atomic E-state index is 14.8. The number of nitrogens with zero attached hydrogens (tertiary/aromatic N) is 2. The number of hydrogen-bond donors (Lipinski definition) is 2. The van der Waals surface area contributed by atoms with Crippen LogP contribution < -0.4 is 9.46 Å². The normalized spacial score (nSPS) is 10.9. The number of nitrogens with one attached hydrogen (secondary N) is 1. The van der Waals surface area contributed by atoms with Crippen molar-refractivity contribution in [1.82, 2.24) is 9.88 Å². The zero-order chi connectivity index (χ0) is 28.3. The molecule has 3 rings (SSSR count). The molecule has 0 saturated heterocycles. The quantitative estimate of drug-likeness (QED) is 0.239. The van der Waals surface area contributed by atoms with Crippen LogP contribution in [0.4, 0.5) is 9.52 Å². The van der Waals surface area contributed by atoms with Gasteiger partial charge in [0.2, 0.25) is 0 Å². The number of aryl methyl sites for hydroxylation is 1. The second-order valence-corrected chi connectivity index (χ2v) is 10.8. The van der Waals surface area contributed by atoms with Crippen LogP contribution in [-0.4, -0.2) is 49.0 Å². The van der Waals surface area contributed by atoms with Crippen molar-refractivity contribution < 1.29 is 27.4 Å². The van der Waals surface area contributed by atoms with Crippen LogP contribution in [0.1, 0.15) is 25.8 Å². The molecule has 1 heterocycles. The number of carboxylic acid groups (broad SMARTS) is 1. The lowest BCUT2D eigenvalue weighted by Gasteiger charge is -2.18. The Balaban J connectivity index is 0.00000247. The predicted molar refractivity (Wildman–Crippen MR) is 148 cm³/mol. The summed E-state index contributed by atoms with van der Waals surface area (Å²) in [5.41, 5.74) is 0.664. The molecule has 0 aliphatic carbocycles. The van der Waals surface area contributed by atoms with Crippen molar-refractivity contribution >= 4 is 55.7 Å². The van der Waals surface area contributed by atoms with Crippen LogP contribution in [0.3, 0.4) is 0 Å². The van der Waals surface area contributed by atoms with Crippen LogP contribution in [-0.2, 0) is 21.2 Å². The Morgan fingerprint density at radius 3 is 2.63 bits per heavy atom. The molecule has 0 bridgehead atoms. The van der Waals surface area contributed by atoms with Crippen molar-refractivity contribution in [3.05, 3.63) is 63.3 Å². The Labute approximate surface area is 235 Å². The molecule has 3 aromatic rings. The Hall–Kier alpha value is -2.88. The number of ether oxygens (including phenoxy) is 1. The lowest BCUT2D eigenvalue weighted by Crippen LogP contribution is -2.31. The van der Waals surface area contributed by atoms with Gasteiger partial charge in [-0.25, -0.2) is 17.8 Å². The average Bonchev–Trinajstić information content (AvgIpc) is 3.36. The summed E-state index contributed by atoms with van der Waals surface area (Å²) in [5.74, 6) is 0.623. The number of carbonyl (C=O) groups is 1. The molecule has 0 atom stereocenters. The van der Waals surface area contributed by atoms with E-state index in [0.29, 0.717) is 35.7 Å². The minimum absolute atomic E-state index is 0.0841. The van der Waals surface area contributed by atoms with Crippen LogP contribution in [0.25, 0.3) is 0 Å². The zero-order valence-corrected chi connectivity index (χ0v) is 23.7. The van der Waals surface area contributed by atoms with Gasteiger partial charge in [0.15, 0.2) is 5.13 Å². The van der Waals surface area contributed by atoms with E-state index in [2.05, 4.69) is 15.6 Å². The van der Waals surface area contributed by atoms with Crippen molar-refractivity contribution in [2.45, 2.75) is 31.6 Å². The first-order chi connectivity index (χ1) is 18.1. The summed E-state index contributed by atoms with van der Waals surface area (Å²) in [6.07, 6.45) is 7.69. The summed E-state index contributed by atoms with van der Waals surface area (Å²) < 4.78 is 48.0. The zero-order valence-electron chi connectivity index (χ0n) is 20.6. The number of aliphatic carboxylic acids is 1. The number of sulfonamides is 1. The monoisotopic (exact) mass is 601 g/mol. The lowest BCUT2D eigenvalue weighted by atomic mass is 10.1. The van der Waals surface area contributed by atoms with E-state index in [1.807, 2.05) is 13.8 Å². The second kappa shape index (κ2) is 14.9. The Kier molecular flexibility index (Phi) is 12.3. The van der Waals surface area contributed by atoms with Crippen molar-refractivity contribution in [3.8, 4) is 23.8 Å². The summed E-state index contributed by atoms with van der Waals surface area (Å²) in [7, 11) is -4.27. The van der Waals surface area contributed by atoms with Gasteiger partial charge in [0.25, 0.3) is 10.0 Å². The van der Waals surface area contributed by atoms with Crippen molar-refractivity contribution in [3.63, 3.8) is 0 Å². The lowest BCUT2D eigenvalue weighted by molar-refractivity contribution is -0.138. The highest BCUT2D eigenvalue weighted by Crippen LogP contribution is 2.36. The molecule has 1 aromatic heterocycles. The molecular weight excluding hydrogens is 576 g/mol. The summed E-state index contributed by atoms with van der Waals surface area (Å²) in [6.45, 7) is 4.41. The smallest absolute Gasteiger partial charge is 0.317 e. The number of benzene rings is 2. The van der Waals surface area contributed by atoms with Gasteiger partial charge in [0.05, 0.1) is 18.1 Å². The number of anilines is 1. The first-order valence-electron chi connectivity index (χ1n) is 11.3. The van der Waals surface area contributed by atoms with Gasteiger partial charge in [-0.3, -0.25) is 14.4 Å². The molecule has 38 heavy (non-hydrogen) atoms. The van der Waals surface area contributed by atoms with Crippen LogP contribution >= 0.6 is 34.5 Å². The average molecular weight is 603 g/mol. The fraction of sp³-hybridized carbons (Fsp3) is 0.280.